The largest absolute Gasteiger partial charge is 0.467 e. The fourth-order valence-corrected chi connectivity index (χ4v) is 3.05. The van der Waals surface area contributed by atoms with Gasteiger partial charge in [-0.2, -0.15) is 0 Å². The second-order valence-corrected chi connectivity index (χ2v) is 6.44. The molecule has 2 amide bonds. The summed E-state index contributed by atoms with van der Waals surface area (Å²) in [6, 6.07) is 6.46. The molecule has 1 fully saturated rings. The SMILES string of the molecule is NCc1cc(C(=O)Nc2cc(Cl)ccc2C(=O)N2CCCCC2)co1. The number of carbonyl (C=O) groups is 2. The van der Waals surface area contributed by atoms with Crippen LogP contribution in [0, 0.1) is 0 Å². The van der Waals surface area contributed by atoms with E-state index in [2.05, 4.69) is 5.32 Å². The second kappa shape index (κ2) is 7.72. The van der Waals surface area contributed by atoms with Crippen LogP contribution in [0.5, 0.6) is 0 Å². The standard InChI is InChI=1S/C18H20ClN3O3/c19-13-4-5-15(18(24)22-6-2-1-3-7-22)16(9-13)21-17(23)12-8-14(10-20)25-11-12/h4-5,8-9,11H,1-3,6-7,10,20H2,(H,21,23). The molecule has 0 bridgehead atoms. The van der Waals surface area contributed by atoms with Gasteiger partial charge in [0.25, 0.3) is 11.8 Å². The van der Waals surface area contributed by atoms with Crippen molar-refractivity contribution in [3.63, 3.8) is 0 Å². The third-order valence-electron chi connectivity index (χ3n) is 4.22. The molecule has 25 heavy (non-hydrogen) atoms. The summed E-state index contributed by atoms with van der Waals surface area (Å²) < 4.78 is 5.18. The molecule has 0 aliphatic carbocycles. The molecule has 0 radical (unpaired) electrons. The number of piperidine rings is 1. The van der Waals surface area contributed by atoms with E-state index in [0.717, 1.165) is 32.4 Å². The van der Waals surface area contributed by atoms with Crippen LogP contribution in [0.2, 0.25) is 5.02 Å². The number of halogens is 1. The molecule has 0 saturated carbocycles. The van der Waals surface area contributed by atoms with Gasteiger partial charge in [-0.1, -0.05) is 11.6 Å². The number of amides is 2. The Bertz CT molecular complexity index is 782. The van der Waals surface area contributed by atoms with Crippen LogP contribution in [0.25, 0.3) is 0 Å². The van der Waals surface area contributed by atoms with E-state index in [1.165, 1.54) is 6.26 Å². The first-order valence-electron chi connectivity index (χ1n) is 8.26. The van der Waals surface area contributed by atoms with Crippen LogP contribution in [0.15, 0.2) is 34.9 Å². The summed E-state index contributed by atoms with van der Waals surface area (Å²) in [6.45, 7) is 1.68. The minimum atomic E-state index is -0.376. The Morgan fingerprint density at radius 2 is 1.96 bits per heavy atom. The van der Waals surface area contributed by atoms with E-state index in [9.17, 15) is 9.59 Å². The summed E-state index contributed by atoms with van der Waals surface area (Å²) in [7, 11) is 0. The number of carbonyl (C=O) groups excluding carboxylic acids is 2. The highest BCUT2D eigenvalue weighted by Crippen LogP contribution is 2.25. The molecule has 1 aliphatic heterocycles. The maximum atomic E-state index is 12.8. The molecule has 0 atom stereocenters. The van der Waals surface area contributed by atoms with Gasteiger partial charge in [0.15, 0.2) is 0 Å². The van der Waals surface area contributed by atoms with Crippen molar-refractivity contribution in [1.82, 2.24) is 4.90 Å². The molecule has 2 heterocycles. The molecule has 1 aromatic carbocycles. The van der Waals surface area contributed by atoms with Crippen LogP contribution in [-0.2, 0) is 6.54 Å². The summed E-state index contributed by atoms with van der Waals surface area (Å²) in [5, 5.41) is 3.20. The fourth-order valence-electron chi connectivity index (χ4n) is 2.87. The van der Waals surface area contributed by atoms with Crippen LogP contribution in [0.4, 0.5) is 5.69 Å². The molecule has 7 heteroatoms. The van der Waals surface area contributed by atoms with Gasteiger partial charge in [-0.05, 0) is 43.5 Å². The minimum absolute atomic E-state index is 0.0958. The van der Waals surface area contributed by atoms with E-state index in [1.807, 2.05) is 4.90 Å². The number of nitrogens with zero attached hydrogens (tertiary/aromatic N) is 1. The first-order valence-corrected chi connectivity index (χ1v) is 8.64. The highest BCUT2D eigenvalue weighted by Gasteiger charge is 2.22. The summed E-state index contributed by atoms with van der Waals surface area (Å²) in [5.74, 6) is 0.0424. The highest BCUT2D eigenvalue weighted by atomic mass is 35.5. The molecule has 3 N–H and O–H groups in total. The van der Waals surface area contributed by atoms with Gasteiger partial charge < -0.3 is 20.4 Å². The van der Waals surface area contributed by atoms with E-state index in [1.54, 1.807) is 24.3 Å². The lowest BCUT2D eigenvalue weighted by atomic mass is 10.1. The summed E-state index contributed by atoms with van der Waals surface area (Å²) in [4.78, 5) is 27.0. The molecule has 0 unspecified atom stereocenters. The monoisotopic (exact) mass is 361 g/mol. The van der Waals surface area contributed by atoms with Crippen molar-refractivity contribution in [3.05, 3.63) is 52.4 Å². The Morgan fingerprint density at radius 1 is 1.20 bits per heavy atom. The summed E-state index contributed by atoms with van der Waals surface area (Å²) >= 11 is 6.05. The average Bonchev–Trinajstić information content (AvgIpc) is 3.11. The number of nitrogens with two attached hydrogens (primary N) is 1. The Kier molecular flexibility index (Phi) is 5.40. The van der Waals surface area contributed by atoms with Gasteiger partial charge in [0.1, 0.15) is 12.0 Å². The maximum Gasteiger partial charge on any atom is 0.258 e. The van der Waals surface area contributed by atoms with E-state index in [0.29, 0.717) is 27.6 Å². The first kappa shape index (κ1) is 17.5. The topological polar surface area (TPSA) is 88.6 Å². The lowest BCUT2D eigenvalue weighted by Crippen LogP contribution is -2.36. The van der Waals surface area contributed by atoms with Gasteiger partial charge >= 0.3 is 0 Å². The molecular weight excluding hydrogens is 342 g/mol. The van der Waals surface area contributed by atoms with Crippen molar-refractivity contribution in [2.45, 2.75) is 25.8 Å². The van der Waals surface area contributed by atoms with Gasteiger partial charge in [0.2, 0.25) is 0 Å². The normalized spacial score (nSPS) is 14.4. The van der Waals surface area contributed by atoms with E-state index < -0.39 is 0 Å². The predicted octanol–water partition coefficient (Wildman–Crippen LogP) is 3.27. The van der Waals surface area contributed by atoms with Crippen LogP contribution < -0.4 is 11.1 Å². The fraction of sp³-hybridized carbons (Fsp3) is 0.333. The second-order valence-electron chi connectivity index (χ2n) is 6.00. The van der Waals surface area contributed by atoms with Gasteiger partial charge in [-0.15, -0.1) is 0 Å². The van der Waals surface area contributed by atoms with Crippen molar-refractivity contribution in [3.8, 4) is 0 Å². The molecule has 132 valence electrons. The van der Waals surface area contributed by atoms with Crippen molar-refractivity contribution < 1.29 is 14.0 Å². The van der Waals surface area contributed by atoms with Crippen LogP contribution in [-0.4, -0.2) is 29.8 Å². The zero-order valence-electron chi connectivity index (χ0n) is 13.8. The maximum absolute atomic E-state index is 12.8. The predicted molar refractivity (Wildman–Crippen MR) is 95.8 cm³/mol. The lowest BCUT2D eigenvalue weighted by molar-refractivity contribution is 0.0725. The van der Waals surface area contributed by atoms with Gasteiger partial charge in [-0.25, -0.2) is 0 Å². The van der Waals surface area contributed by atoms with E-state index in [-0.39, 0.29) is 18.4 Å². The molecule has 2 aromatic rings. The molecule has 6 nitrogen and oxygen atoms in total. The minimum Gasteiger partial charge on any atom is -0.467 e. The van der Waals surface area contributed by atoms with Gasteiger partial charge in [0, 0.05) is 18.1 Å². The number of furan rings is 1. The molecule has 1 aromatic heterocycles. The Hall–Kier alpha value is -2.31. The number of anilines is 1. The summed E-state index contributed by atoms with van der Waals surface area (Å²) in [5.41, 5.74) is 6.66. The lowest BCUT2D eigenvalue weighted by Gasteiger charge is -2.27. The Morgan fingerprint density at radius 3 is 2.64 bits per heavy atom. The molecule has 1 aliphatic rings. The van der Waals surface area contributed by atoms with Crippen molar-refractivity contribution >= 4 is 29.1 Å². The average molecular weight is 362 g/mol. The van der Waals surface area contributed by atoms with Crippen molar-refractivity contribution in [2.24, 2.45) is 5.73 Å². The van der Waals surface area contributed by atoms with Crippen molar-refractivity contribution in [1.29, 1.82) is 0 Å². The van der Waals surface area contributed by atoms with Gasteiger partial charge in [0.05, 0.1) is 23.4 Å². The van der Waals surface area contributed by atoms with Crippen LogP contribution in [0.1, 0.15) is 45.7 Å². The molecule has 0 spiro atoms. The van der Waals surface area contributed by atoms with Gasteiger partial charge in [-0.3, -0.25) is 9.59 Å². The van der Waals surface area contributed by atoms with E-state index >= 15 is 0 Å². The number of nitrogens with one attached hydrogen (secondary N) is 1. The van der Waals surface area contributed by atoms with Crippen LogP contribution in [0.3, 0.4) is 0 Å². The van der Waals surface area contributed by atoms with Crippen LogP contribution >= 0.6 is 11.6 Å². The highest BCUT2D eigenvalue weighted by molar-refractivity contribution is 6.31. The third-order valence-corrected chi connectivity index (χ3v) is 4.46. The first-order chi connectivity index (χ1) is 12.1. The number of hydrogen-bond donors (Lipinski definition) is 2. The quantitative estimate of drug-likeness (QED) is 0.874. The molecule has 1 saturated heterocycles. The number of rotatable bonds is 4. The van der Waals surface area contributed by atoms with E-state index in [4.69, 9.17) is 21.8 Å². The Balaban J connectivity index is 1.83. The van der Waals surface area contributed by atoms with Crippen molar-refractivity contribution in [2.75, 3.05) is 18.4 Å². The number of likely N-dealkylation sites (tertiary alicyclic amines) is 1. The number of benzene rings is 1. The molecule has 3 rings (SSSR count). The third kappa shape index (κ3) is 4.03. The number of hydrogen-bond acceptors (Lipinski definition) is 4. The zero-order chi connectivity index (χ0) is 17.8. The smallest absolute Gasteiger partial charge is 0.258 e. The zero-order valence-corrected chi connectivity index (χ0v) is 14.5. The molecular formula is C18H20ClN3O3. The summed E-state index contributed by atoms with van der Waals surface area (Å²) in [6.07, 6.45) is 4.47. The Labute approximate surface area is 150 Å².